The second kappa shape index (κ2) is 8.37. The average molecular weight is 332 g/mol. The third-order valence-corrected chi connectivity index (χ3v) is 2.89. The van der Waals surface area contributed by atoms with E-state index in [1.807, 2.05) is 0 Å². The van der Waals surface area contributed by atoms with E-state index >= 15 is 0 Å². The summed E-state index contributed by atoms with van der Waals surface area (Å²) in [6.45, 7) is -0.435. The molecule has 1 aromatic heterocycles. The molecule has 0 saturated heterocycles. The van der Waals surface area contributed by atoms with Gasteiger partial charge < -0.3 is 24.1 Å². The number of amides is 1. The van der Waals surface area contributed by atoms with Crippen LogP contribution in [0.2, 0.25) is 0 Å². The van der Waals surface area contributed by atoms with Crippen LogP contribution in [0.25, 0.3) is 6.08 Å². The van der Waals surface area contributed by atoms with Crippen LogP contribution in [0.15, 0.2) is 41.1 Å². The minimum atomic E-state index is -0.664. The lowest BCUT2D eigenvalue weighted by Crippen LogP contribution is -2.20. The van der Waals surface area contributed by atoms with Gasteiger partial charge in [-0.25, -0.2) is 4.79 Å². The first kappa shape index (κ1) is 17.1. The average Bonchev–Trinajstić information content (AvgIpc) is 3.10. The van der Waals surface area contributed by atoms with Crippen LogP contribution in [-0.2, 0) is 14.3 Å². The van der Waals surface area contributed by atoms with E-state index in [1.54, 1.807) is 25.3 Å². The van der Waals surface area contributed by atoms with Crippen molar-refractivity contribution in [2.24, 2.45) is 0 Å². The Morgan fingerprint density at radius 2 is 2.08 bits per heavy atom. The number of ether oxygens (including phenoxy) is 3. The highest BCUT2D eigenvalue weighted by atomic mass is 16.5. The Hall–Kier alpha value is -3.29. The highest BCUT2D eigenvalue weighted by Crippen LogP contribution is 2.25. The molecule has 126 valence electrons. The number of aromatic nitrogens is 1. The van der Waals surface area contributed by atoms with E-state index in [4.69, 9.17) is 14.2 Å². The van der Waals surface area contributed by atoms with Crippen molar-refractivity contribution in [2.45, 2.75) is 0 Å². The number of benzene rings is 1. The molecule has 0 radical (unpaired) electrons. The number of nitrogens with one attached hydrogen (secondary N) is 1. The van der Waals surface area contributed by atoms with Gasteiger partial charge in [0.15, 0.2) is 12.4 Å². The molecule has 1 heterocycles. The van der Waals surface area contributed by atoms with Crippen LogP contribution < -0.4 is 14.8 Å². The zero-order chi connectivity index (χ0) is 17.4. The fourth-order valence-electron chi connectivity index (χ4n) is 1.75. The lowest BCUT2D eigenvalue weighted by molar-refractivity contribution is -0.142. The summed E-state index contributed by atoms with van der Waals surface area (Å²) >= 11 is 0. The summed E-state index contributed by atoms with van der Waals surface area (Å²) < 4.78 is 19.7. The van der Waals surface area contributed by atoms with Crippen LogP contribution in [0.5, 0.6) is 11.5 Å². The molecule has 0 bridgehead atoms. The minimum Gasteiger partial charge on any atom is -0.497 e. The summed E-state index contributed by atoms with van der Waals surface area (Å²) in [6, 6.07) is 6.63. The van der Waals surface area contributed by atoms with E-state index in [1.165, 1.54) is 31.6 Å². The van der Waals surface area contributed by atoms with Crippen molar-refractivity contribution < 1.29 is 28.3 Å². The molecule has 0 aliphatic rings. The van der Waals surface area contributed by atoms with Gasteiger partial charge in [0.2, 0.25) is 0 Å². The fraction of sp³-hybridized carbons (Fsp3) is 0.188. The minimum absolute atomic E-state index is 0.245. The predicted molar refractivity (Wildman–Crippen MR) is 84.7 cm³/mol. The zero-order valence-electron chi connectivity index (χ0n) is 13.1. The summed E-state index contributed by atoms with van der Waals surface area (Å²) in [6.07, 6.45) is 4.04. The quantitative estimate of drug-likeness (QED) is 0.610. The number of carbonyl (C=O) groups excluding carboxylic acids is 2. The summed E-state index contributed by atoms with van der Waals surface area (Å²) in [5.74, 6) is 0.240. The molecule has 1 amide bonds. The molecule has 0 unspecified atom stereocenters. The Kier molecular flexibility index (Phi) is 5.95. The van der Waals surface area contributed by atoms with E-state index < -0.39 is 18.5 Å². The fourth-order valence-corrected chi connectivity index (χ4v) is 1.75. The Morgan fingerprint density at radius 3 is 2.75 bits per heavy atom. The molecule has 0 aliphatic heterocycles. The maximum absolute atomic E-state index is 11.7. The van der Waals surface area contributed by atoms with Crippen molar-refractivity contribution in [2.75, 3.05) is 26.1 Å². The molecule has 2 rings (SSSR count). The molecule has 0 atom stereocenters. The van der Waals surface area contributed by atoms with Gasteiger partial charge >= 0.3 is 5.97 Å². The second-order valence-corrected chi connectivity index (χ2v) is 4.48. The van der Waals surface area contributed by atoms with E-state index in [2.05, 4.69) is 15.0 Å². The summed E-state index contributed by atoms with van der Waals surface area (Å²) in [5, 5.41) is 5.91. The first-order chi connectivity index (χ1) is 11.6. The summed E-state index contributed by atoms with van der Waals surface area (Å²) in [5.41, 5.74) is 0.669. The van der Waals surface area contributed by atoms with Gasteiger partial charge in [-0.15, -0.1) is 0 Å². The van der Waals surface area contributed by atoms with Crippen molar-refractivity contribution in [1.29, 1.82) is 0 Å². The summed E-state index contributed by atoms with van der Waals surface area (Å²) in [4.78, 5) is 23.2. The van der Waals surface area contributed by atoms with Gasteiger partial charge in [-0.05, 0) is 18.2 Å². The molecule has 1 N–H and O–H groups in total. The van der Waals surface area contributed by atoms with Crippen LogP contribution in [0, 0.1) is 0 Å². The van der Waals surface area contributed by atoms with Gasteiger partial charge in [-0.3, -0.25) is 4.79 Å². The van der Waals surface area contributed by atoms with E-state index in [9.17, 15) is 9.59 Å². The van der Waals surface area contributed by atoms with Crippen LogP contribution in [0.3, 0.4) is 0 Å². The Morgan fingerprint density at radius 1 is 1.25 bits per heavy atom. The van der Waals surface area contributed by atoms with Gasteiger partial charge in [-0.2, -0.15) is 0 Å². The number of nitrogens with zero attached hydrogens (tertiary/aromatic N) is 1. The summed E-state index contributed by atoms with van der Waals surface area (Å²) in [7, 11) is 3.06. The maximum Gasteiger partial charge on any atom is 0.331 e. The highest BCUT2D eigenvalue weighted by molar-refractivity contribution is 5.94. The first-order valence-corrected chi connectivity index (χ1v) is 6.89. The molecule has 2 aromatic rings. The van der Waals surface area contributed by atoms with Crippen molar-refractivity contribution >= 4 is 23.8 Å². The highest BCUT2D eigenvalue weighted by Gasteiger charge is 2.08. The molecular formula is C16H16N2O6. The molecule has 0 saturated carbocycles. The van der Waals surface area contributed by atoms with Crippen LogP contribution in [0.1, 0.15) is 5.56 Å². The lowest BCUT2D eigenvalue weighted by Gasteiger charge is -2.07. The van der Waals surface area contributed by atoms with Gasteiger partial charge in [-0.1, -0.05) is 5.16 Å². The Labute approximate surface area is 138 Å². The second-order valence-electron chi connectivity index (χ2n) is 4.48. The standard InChI is InChI=1S/C16H16N2O6/c1-21-12-5-3-11(13(9-12)22-2)4-6-16(20)23-10-15(19)17-14-7-8-24-18-14/h3-9H,10H2,1-2H3,(H,17,18,19). The van der Waals surface area contributed by atoms with Gasteiger partial charge in [0.05, 0.1) is 14.2 Å². The normalized spacial score (nSPS) is 10.4. The monoisotopic (exact) mass is 332 g/mol. The van der Waals surface area contributed by atoms with E-state index in [0.29, 0.717) is 17.1 Å². The molecular weight excluding hydrogens is 316 g/mol. The van der Waals surface area contributed by atoms with Gasteiger partial charge in [0.1, 0.15) is 17.8 Å². The number of anilines is 1. The number of hydrogen-bond donors (Lipinski definition) is 1. The lowest BCUT2D eigenvalue weighted by atomic mass is 10.2. The van der Waals surface area contributed by atoms with Gasteiger partial charge in [0.25, 0.3) is 5.91 Å². The molecule has 24 heavy (non-hydrogen) atoms. The third-order valence-electron chi connectivity index (χ3n) is 2.89. The van der Waals surface area contributed by atoms with Crippen LogP contribution >= 0.6 is 0 Å². The first-order valence-electron chi connectivity index (χ1n) is 6.89. The number of esters is 1. The molecule has 0 fully saturated rings. The van der Waals surface area contributed by atoms with Crippen molar-refractivity contribution in [3.05, 3.63) is 42.2 Å². The number of carbonyl (C=O) groups is 2. The van der Waals surface area contributed by atoms with Crippen molar-refractivity contribution in [1.82, 2.24) is 5.16 Å². The number of rotatable bonds is 7. The largest absolute Gasteiger partial charge is 0.497 e. The molecule has 1 aromatic carbocycles. The predicted octanol–water partition coefficient (Wildman–Crippen LogP) is 1.89. The maximum atomic E-state index is 11.7. The smallest absolute Gasteiger partial charge is 0.331 e. The topological polar surface area (TPSA) is 99.9 Å². The Balaban J connectivity index is 1.87. The zero-order valence-corrected chi connectivity index (χ0v) is 13.1. The SMILES string of the molecule is COc1ccc(C=CC(=O)OCC(=O)Nc2ccon2)c(OC)c1. The Bertz CT molecular complexity index is 724. The third kappa shape index (κ3) is 4.87. The van der Waals surface area contributed by atoms with E-state index in [-0.39, 0.29) is 5.82 Å². The molecule has 0 aliphatic carbocycles. The van der Waals surface area contributed by atoms with Crippen molar-refractivity contribution in [3.8, 4) is 11.5 Å². The molecule has 8 heteroatoms. The molecule has 8 nitrogen and oxygen atoms in total. The number of methoxy groups -OCH3 is 2. The van der Waals surface area contributed by atoms with Crippen LogP contribution in [0.4, 0.5) is 5.82 Å². The molecule has 0 spiro atoms. The van der Waals surface area contributed by atoms with Gasteiger partial charge in [0, 0.05) is 23.8 Å². The van der Waals surface area contributed by atoms with Crippen LogP contribution in [-0.4, -0.2) is 37.9 Å². The van der Waals surface area contributed by atoms with E-state index in [0.717, 1.165) is 0 Å². The number of hydrogen-bond acceptors (Lipinski definition) is 7. The van der Waals surface area contributed by atoms with Crippen molar-refractivity contribution in [3.63, 3.8) is 0 Å².